The number of rotatable bonds is 9. The Morgan fingerprint density at radius 1 is 0.913 bits per heavy atom. The van der Waals surface area contributed by atoms with Crippen molar-refractivity contribution < 1.29 is 5.11 Å². The molecular formula is C21H29NO. The van der Waals surface area contributed by atoms with Gasteiger partial charge in [0.15, 0.2) is 0 Å². The molecule has 124 valence electrons. The van der Waals surface area contributed by atoms with Gasteiger partial charge in [0.1, 0.15) is 5.75 Å². The summed E-state index contributed by atoms with van der Waals surface area (Å²) in [4.78, 5) is 0. The maximum Gasteiger partial charge on any atom is 0.120 e. The van der Waals surface area contributed by atoms with Gasteiger partial charge in [0, 0.05) is 17.8 Å². The number of unbranched alkanes of at least 4 members (excludes halogenated alkanes) is 4. The second-order valence-electron chi connectivity index (χ2n) is 6.35. The fourth-order valence-electron chi connectivity index (χ4n) is 2.74. The molecule has 2 aromatic rings. The van der Waals surface area contributed by atoms with Crippen molar-refractivity contribution in [3.63, 3.8) is 0 Å². The zero-order valence-electron chi connectivity index (χ0n) is 14.4. The summed E-state index contributed by atoms with van der Waals surface area (Å²) < 4.78 is 0. The molecule has 0 spiro atoms. The van der Waals surface area contributed by atoms with Crippen LogP contribution in [0.3, 0.4) is 0 Å². The lowest BCUT2D eigenvalue weighted by Crippen LogP contribution is -2.00. The monoisotopic (exact) mass is 311 g/mol. The average molecular weight is 311 g/mol. The summed E-state index contributed by atoms with van der Waals surface area (Å²) in [6.45, 7) is 4.98. The maximum absolute atomic E-state index is 10.1. The first-order valence-corrected chi connectivity index (χ1v) is 8.80. The number of anilines is 1. The van der Waals surface area contributed by atoms with Crippen molar-refractivity contribution in [1.29, 1.82) is 0 Å². The van der Waals surface area contributed by atoms with E-state index in [-0.39, 0.29) is 0 Å². The van der Waals surface area contributed by atoms with Gasteiger partial charge in [-0.15, -0.1) is 0 Å². The first-order chi connectivity index (χ1) is 11.2. The fourth-order valence-corrected chi connectivity index (χ4v) is 2.74. The van der Waals surface area contributed by atoms with Crippen LogP contribution in [-0.4, -0.2) is 5.11 Å². The van der Waals surface area contributed by atoms with E-state index in [1.807, 2.05) is 12.1 Å². The van der Waals surface area contributed by atoms with Gasteiger partial charge < -0.3 is 10.4 Å². The summed E-state index contributed by atoms with van der Waals surface area (Å²) in [6, 6.07) is 14.3. The summed E-state index contributed by atoms with van der Waals surface area (Å²) >= 11 is 0. The average Bonchev–Trinajstić information content (AvgIpc) is 2.56. The number of benzene rings is 2. The highest BCUT2D eigenvalue weighted by molar-refractivity contribution is 5.46. The largest absolute Gasteiger partial charge is 0.508 e. The van der Waals surface area contributed by atoms with E-state index in [2.05, 4.69) is 49.5 Å². The highest BCUT2D eigenvalue weighted by atomic mass is 16.3. The van der Waals surface area contributed by atoms with Crippen LogP contribution in [0.15, 0.2) is 42.5 Å². The number of phenolic OH excluding ortho intramolecular Hbond substituents is 1. The highest BCUT2D eigenvalue weighted by Crippen LogP contribution is 2.21. The van der Waals surface area contributed by atoms with Crippen LogP contribution in [0.4, 0.5) is 5.69 Å². The van der Waals surface area contributed by atoms with Crippen LogP contribution in [0.2, 0.25) is 0 Å². The van der Waals surface area contributed by atoms with Crippen molar-refractivity contribution in [3.8, 4) is 5.75 Å². The molecule has 0 aromatic heterocycles. The number of hydrogen-bond donors (Lipinski definition) is 2. The molecule has 0 heterocycles. The number of hydrogen-bond acceptors (Lipinski definition) is 2. The van der Waals surface area contributed by atoms with E-state index in [1.54, 1.807) is 0 Å². The maximum atomic E-state index is 10.1. The van der Waals surface area contributed by atoms with E-state index in [0.717, 1.165) is 17.7 Å². The Morgan fingerprint density at radius 3 is 2.39 bits per heavy atom. The molecule has 0 fully saturated rings. The van der Waals surface area contributed by atoms with Crippen LogP contribution >= 0.6 is 0 Å². The molecule has 0 saturated heterocycles. The first-order valence-electron chi connectivity index (χ1n) is 8.80. The molecule has 2 rings (SSSR count). The molecule has 2 aromatic carbocycles. The van der Waals surface area contributed by atoms with Crippen LogP contribution in [0.5, 0.6) is 5.75 Å². The molecule has 0 amide bonds. The van der Waals surface area contributed by atoms with Crippen molar-refractivity contribution in [1.82, 2.24) is 0 Å². The number of phenols is 1. The summed E-state index contributed by atoms with van der Waals surface area (Å²) in [5.74, 6) is 0.374. The topological polar surface area (TPSA) is 32.3 Å². The quantitative estimate of drug-likeness (QED) is 0.571. The SMILES string of the molecule is CCCCCCCc1ccc(O)c(CNc2ccc(C)cc2)c1. The summed E-state index contributed by atoms with van der Waals surface area (Å²) in [6.07, 6.45) is 7.58. The Balaban J connectivity index is 1.88. The Labute approximate surface area is 140 Å². The smallest absolute Gasteiger partial charge is 0.120 e. The fraction of sp³-hybridized carbons (Fsp3) is 0.429. The van der Waals surface area contributed by atoms with Gasteiger partial charge in [-0.25, -0.2) is 0 Å². The minimum absolute atomic E-state index is 0.374. The third-order valence-electron chi connectivity index (χ3n) is 4.25. The predicted molar refractivity (Wildman–Crippen MR) is 99.1 cm³/mol. The zero-order chi connectivity index (χ0) is 16.5. The normalized spacial score (nSPS) is 10.7. The van der Waals surface area contributed by atoms with Gasteiger partial charge >= 0.3 is 0 Å². The van der Waals surface area contributed by atoms with E-state index in [4.69, 9.17) is 0 Å². The van der Waals surface area contributed by atoms with E-state index in [0.29, 0.717) is 12.3 Å². The summed E-state index contributed by atoms with van der Waals surface area (Å²) in [5, 5.41) is 13.4. The van der Waals surface area contributed by atoms with E-state index >= 15 is 0 Å². The number of nitrogens with one attached hydrogen (secondary N) is 1. The van der Waals surface area contributed by atoms with Crippen molar-refractivity contribution in [2.75, 3.05) is 5.32 Å². The van der Waals surface area contributed by atoms with Crippen molar-refractivity contribution in [2.45, 2.75) is 58.9 Å². The second kappa shape index (κ2) is 9.24. The molecule has 0 aliphatic rings. The van der Waals surface area contributed by atoms with Crippen LogP contribution in [0.25, 0.3) is 0 Å². The van der Waals surface area contributed by atoms with Crippen LogP contribution in [0.1, 0.15) is 55.7 Å². The van der Waals surface area contributed by atoms with Gasteiger partial charge in [0.2, 0.25) is 0 Å². The standard InChI is InChI=1S/C21H29NO/c1-3-4-5-6-7-8-18-11-14-21(23)19(15-18)16-22-20-12-9-17(2)10-13-20/h9-15,22-23H,3-8,16H2,1-2H3. The Morgan fingerprint density at radius 2 is 1.65 bits per heavy atom. The minimum Gasteiger partial charge on any atom is -0.508 e. The van der Waals surface area contributed by atoms with E-state index in [9.17, 15) is 5.11 Å². The van der Waals surface area contributed by atoms with Gasteiger partial charge in [-0.1, -0.05) is 62.4 Å². The van der Waals surface area contributed by atoms with E-state index < -0.39 is 0 Å². The molecular weight excluding hydrogens is 282 g/mol. The molecule has 0 radical (unpaired) electrons. The van der Waals surface area contributed by atoms with Gasteiger partial charge in [-0.2, -0.15) is 0 Å². The molecule has 0 aliphatic carbocycles. The van der Waals surface area contributed by atoms with Gasteiger partial charge in [-0.3, -0.25) is 0 Å². The Bertz CT molecular complexity index is 589. The third-order valence-corrected chi connectivity index (χ3v) is 4.25. The molecule has 0 aliphatic heterocycles. The molecule has 0 saturated carbocycles. The van der Waals surface area contributed by atoms with Crippen LogP contribution in [0, 0.1) is 6.92 Å². The van der Waals surface area contributed by atoms with Crippen molar-refractivity contribution in [2.24, 2.45) is 0 Å². The van der Waals surface area contributed by atoms with Gasteiger partial charge in [-0.05, 0) is 43.5 Å². The zero-order valence-corrected chi connectivity index (χ0v) is 14.4. The Hall–Kier alpha value is -1.96. The van der Waals surface area contributed by atoms with E-state index in [1.165, 1.54) is 43.2 Å². The van der Waals surface area contributed by atoms with Crippen molar-refractivity contribution >= 4 is 5.69 Å². The summed E-state index contributed by atoms with van der Waals surface area (Å²) in [5.41, 5.74) is 4.63. The molecule has 0 unspecified atom stereocenters. The van der Waals surface area contributed by atoms with Gasteiger partial charge in [0.05, 0.1) is 0 Å². The third kappa shape index (κ3) is 5.97. The van der Waals surface area contributed by atoms with Crippen LogP contribution < -0.4 is 5.32 Å². The molecule has 2 N–H and O–H groups in total. The Kier molecular flexibility index (Phi) is 6.99. The molecule has 0 bridgehead atoms. The lowest BCUT2D eigenvalue weighted by atomic mass is 10.0. The predicted octanol–water partition coefficient (Wildman–Crippen LogP) is 5.83. The molecule has 0 atom stereocenters. The molecule has 23 heavy (non-hydrogen) atoms. The molecule has 2 nitrogen and oxygen atoms in total. The highest BCUT2D eigenvalue weighted by Gasteiger charge is 2.03. The van der Waals surface area contributed by atoms with Gasteiger partial charge in [0.25, 0.3) is 0 Å². The van der Waals surface area contributed by atoms with Crippen molar-refractivity contribution in [3.05, 3.63) is 59.2 Å². The minimum atomic E-state index is 0.374. The lowest BCUT2D eigenvalue weighted by molar-refractivity contribution is 0.468. The number of aryl methyl sites for hydroxylation is 2. The lowest BCUT2D eigenvalue weighted by Gasteiger charge is -2.10. The number of aromatic hydroxyl groups is 1. The summed E-state index contributed by atoms with van der Waals surface area (Å²) in [7, 11) is 0. The first kappa shape index (κ1) is 17.4. The second-order valence-corrected chi connectivity index (χ2v) is 6.35. The van der Waals surface area contributed by atoms with Crippen LogP contribution in [-0.2, 0) is 13.0 Å². The molecule has 2 heteroatoms.